The molecule has 1 fully saturated rings. The van der Waals surface area contributed by atoms with Gasteiger partial charge >= 0.3 is 0 Å². The van der Waals surface area contributed by atoms with Crippen molar-refractivity contribution in [3.8, 4) is 0 Å². The van der Waals surface area contributed by atoms with Crippen molar-refractivity contribution in [1.82, 2.24) is 0 Å². The zero-order valence-electron chi connectivity index (χ0n) is 50.5. The molecule has 1 aliphatic heterocycles. The molecule has 0 spiro atoms. The molecular weight excluding hydrogens is 901 g/mol. The maximum atomic E-state index is 9.81. The summed E-state index contributed by atoms with van der Waals surface area (Å²) < 4.78 is 23.8. The topological polar surface area (TPSA) is 77.4 Å². The predicted octanol–water partition coefficient (Wildman–Crippen LogP) is 20.3. The highest BCUT2D eigenvalue weighted by molar-refractivity contribution is 4.64. The molecule has 1 saturated heterocycles. The van der Waals surface area contributed by atoms with Crippen molar-refractivity contribution in [1.29, 1.82) is 0 Å². The molecule has 6 heteroatoms. The number of aliphatic hydroxyl groups is 2. The molecule has 73 heavy (non-hydrogen) atoms. The molecule has 1 heterocycles. The monoisotopic (exact) mass is 1040 g/mol. The Kier molecular flexibility index (Phi) is 54.8. The van der Waals surface area contributed by atoms with Gasteiger partial charge in [-0.15, -0.1) is 0 Å². The summed E-state index contributed by atoms with van der Waals surface area (Å²) in [4.78, 5) is 0. The molecular formula is C67H134O6. The Morgan fingerprint density at radius 3 is 0.658 bits per heavy atom. The largest absolute Gasteiger partial charge is 0.394 e. The van der Waals surface area contributed by atoms with E-state index in [1.807, 2.05) is 0 Å². The average molecular weight is 1040 g/mol. The summed E-state index contributed by atoms with van der Waals surface area (Å²) >= 11 is 0. The lowest BCUT2D eigenvalue weighted by Gasteiger charge is -2.16. The number of hydrogen-bond acceptors (Lipinski definition) is 6. The molecule has 438 valence electrons. The highest BCUT2D eigenvalue weighted by Gasteiger charge is 2.12. The van der Waals surface area contributed by atoms with Crippen LogP contribution in [-0.4, -0.2) is 75.3 Å². The van der Waals surface area contributed by atoms with Crippen molar-refractivity contribution >= 4 is 0 Å². The van der Waals surface area contributed by atoms with Gasteiger partial charge in [-0.2, -0.15) is 0 Å². The Balaban J connectivity index is 2.25. The van der Waals surface area contributed by atoms with Crippen molar-refractivity contribution in [3.05, 3.63) is 0 Å². The van der Waals surface area contributed by atoms with Gasteiger partial charge in [-0.1, -0.05) is 311 Å². The van der Waals surface area contributed by atoms with Gasteiger partial charge in [0.15, 0.2) is 0 Å². The molecule has 0 aromatic rings. The first kappa shape index (κ1) is 70.8. The lowest BCUT2D eigenvalue weighted by Crippen LogP contribution is -2.24. The first-order valence-corrected chi connectivity index (χ1v) is 33.4. The van der Waals surface area contributed by atoms with Gasteiger partial charge in [0.1, 0.15) is 12.2 Å². The molecule has 0 aliphatic carbocycles. The molecule has 0 unspecified atom stereocenters. The van der Waals surface area contributed by atoms with Crippen molar-refractivity contribution in [2.24, 2.45) is 29.6 Å². The molecule has 2 N–H and O–H groups in total. The summed E-state index contributed by atoms with van der Waals surface area (Å²) in [7, 11) is 0. The fraction of sp³-hybridized carbons (Fsp3) is 1.00. The highest BCUT2D eigenvalue weighted by atomic mass is 16.5. The lowest BCUT2D eigenvalue weighted by atomic mass is 9.91. The maximum Gasteiger partial charge on any atom is 0.104 e. The second-order valence-corrected chi connectivity index (χ2v) is 25.0. The third-order valence-electron chi connectivity index (χ3n) is 17.1. The molecule has 1 rings (SSSR count). The molecule has 0 aromatic heterocycles. The second kappa shape index (κ2) is 56.5. The fourth-order valence-corrected chi connectivity index (χ4v) is 11.4. The minimum absolute atomic E-state index is 0.0558. The van der Waals surface area contributed by atoms with Gasteiger partial charge in [-0.3, -0.25) is 0 Å². The third-order valence-corrected chi connectivity index (χ3v) is 17.1. The Labute approximate surface area is 458 Å². The van der Waals surface area contributed by atoms with Crippen LogP contribution in [0.25, 0.3) is 0 Å². The summed E-state index contributed by atoms with van der Waals surface area (Å²) in [6.45, 7) is 16.7. The molecule has 0 saturated carbocycles. The van der Waals surface area contributed by atoms with Crippen LogP contribution in [0.15, 0.2) is 0 Å². The summed E-state index contributed by atoms with van der Waals surface area (Å²) in [6.07, 6.45) is 63.5. The van der Waals surface area contributed by atoms with Crippen molar-refractivity contribution in [3.63, 3.8) is 0 Å². The summed E-state index contributed by atoms with van der Waals surface area (Å²) in [5.74, 6) is 4.36. The number of hydrogen-bond donors (Lipinski definition) is 2. The van der Waals surface area contributed by atoms with E-state index in [4.69, 9.17) is 18.9 Å². The number of aliphatic hydroxyl groups excluding tert-OH is 2. The Morgan fingerprint density at radius 2 is 0.411 bits per heavy atom. The summed E-state index contributed by atoms with van der Waals surface area (Å²) in [5, 5.41) is 19.6. The summed E-state index contributed by atoms with van der Waals surface area (Å²) in [5.41, 5.74) is 0. The minimum atomic E-state index is -0.173. The van der Waals surface area contributed by atoms with Gasteiger partial charge < -0.3 is 29.2 Å². The highest BCUT2D eigenvalue weighted by Crippen LogP contribution is 2.25. The van der Waals surface area contributed by atoms with Crippen LogP contribution in [0.5, 0.6) is 0 Å². The van der Waals surface area contributed by atoms with Crippen LogP contribution >= 0.6 is 0 Å². The summed E-state index contributed by atoms with van der Waals surface area (Å²) in [6, 6.07) is 0. The maximum absolute atomic E-state index is 9.81. The van der Waals surface area contributed by atoms with Gasteiger partial charge in [-0.25, -0.2) is 0 Å². The van der Waals surface area contributed by atoms with E-state index in [0.29, 0.717) is 13.2 Å². The van der Waals surface area contributed by atoms with Crippen molar-refractivity contribution in [2.75, 3.05) is 52.9 Å². The van der Waals surface area contributed by atoms with E-state index in [1.165, 1.54) is 276 Å². The lowest BCUT2D eigenvalue weighted by molar-refractivity contribution is -0.0438. The van der Waals surface area contributed by atoms with Crippen LogP contribution < -0.4 is 0 Å². The quantitative estimate of drug-likeness (QED) is 0.287. The van der Waals surface area contributed by atoms with E-state index in [2.05, 4.69) is 34.6 Å². The Hall–Kier alpha value is -0.240. The van der Waals surface area contributed by atoms with Gasteiger partial charge in [0.2, 0.25) is 0 Å². The molecule has 0 aromatic carbocycles. The number of rotatable bonds is 2. The minimum Gasteiger partial charge on any atom is -0.394 e. The molecule has 7 atom stereocenters. The van der Waals surface area contributed by atoms with Crippen LogP contribution in [0.1, 0.15) is 336 Å². The first-order chi connectivity index (χ1) is 35.8. The van der Waals surface area contributed by atoms with E-state index in [1.54, 1.807) is 0 Å². The van der Waals surface area contributed by atoms with Crippen LogP contribution in [-0.2, 0) is 18.9 Å². The third kappa shape index (κ3) is 52.2. The standard InChI is InChI=1S/C67H134O6/c1-61-43-33-28-24-29-37-47-65(5)52-51-64(4)46-36-27-20-13-7-10-16-22-31-40-55-72-66(57-68)59-70-53-39-30-21-15-9-6-12-18-25-34-44-62(2)49-50-63(3)45-35-26-19-14-8-11-17-23-32-41-56-73-67(58-69)60-71-54-42-38-48-61/h61-69H,6-60H2,1-5H3/t61-,62+,63+,64+,65+,66-,67-/m1/s1. The van der Waals surface area contributed by atoms with E-state index in [9.17, 15) is 10.2 Å². The zero-order valence-corrected chi connectivity index (χ0v) is 50.5. The van der Waals surface area contributed by atoms with Crippen molar-refractivity contribution in [2.45, 2.75) is 349 Å². The van der Waals surface area contributed by atoms with Crippen LogP contribution in [0.4, 0.5) is 0 Å². The van der Waals surface area contributed by atoms with Crippen LogP contribution in [0.2, 0.25) is 0 Å². The Bertz CT molecular complexity index is 1040. The van der Waals surface area contributed by atoms with Crippen LogP contribution in [0.3, 0.4) is 0 Å². The zero-order chi connectivity index (χ0) is 52.8. The van der Waals surface area contributed by atoms with E-state index >= 15 is 0 Å². The Morgan fingerprint density at radius 1 is 0.233 bits per heavy atom. The van der Waals surface area contributed by atoms with Gasteiger partial charge in [0.05, 0.1) is 26.4 Å². The molecule has 0 bridgehead atoms. The van der Waals surface area contributed by atoms with Crippen LogP contribution in [0, 0.1) is 29.6 Å². The predicted molar refractivity (Wildman–Crippen MR) is 318 cm³/mol. The van der Waals surface area contributed by atoms with Gasteiger partial charge in [0, 0.05) is 26.4 Å². The first-order valence-electron chi connectivity index (χ1n) is 33.4. The molecule has 0 amide bonds. The number of ether oxygens (including phenoxy) is 4. The van der Waals surface area contributed by atoms with E-state index in [0.717, 1.165) is 81.7 Å². The van der Waals surface area contributed by atoms with Crippen molar-refractivity contribution < 1.29 is 29.2 Å². The molecule has 1 aliphatic rings. The second-order valence-electron chi connectivity index (χ2n) is 25.0. The smallest absolute Gasteiger partial charge is 0.104 e. The van der Waals surface area contributed by atoms with E-state index in [-0.39, 0.29) is 25.4 Å². The fourth-order valence-electron chi connectivity index (χ4n) is 11.4. The normalized spacial score (nSPS) is 29.7. The van der Waals surface area contributed by atoms with Gasteiger partial charge in [0.25, 0.3) is 0 Å². The molecule has 0 radical (unpaired) electrons. The van der Waals surface area contributed by atoms with Gasteiger partial charge in [-0.05, 0) is 55.3 Å². The SMILES string of the molecule is C[C@@H]1CCCCCCC[C@H](C)CC[C@@H](C)CCCCCCCCCCCCO[C@H](CO)COCCCCCCCCCCCC[C@H](C)CC[C@@H](C)CCCCCCCCCCCCO[C@H](CO)COCCCC1. The van der Waals surface area contributed by atoms with E-state index < -0.39 is 0 Å². The molecule has 6 nitrogen and oxygen atoms in total. The average Bonchev–Trinajstić information content (AvgIpc) is 3.39.